The molecule has 1 heterocycles. The lowest BCUT2D eigenvalue weighted by Crippen LogP contribution is -2.49. The Labute approximate surface area is 182 Å². The van der Waals surface area contributed by atoms with Crippen LogP contribution in [-0.2, 0) is 28.6 Å². The molecular formula is C23H34N2O4S. The lowest BCUT2D eigenvalue weighted by atomic mass is 9.75. The summed E-state index contributed by atoms with van der Waals surface area (Å²) in [5.41, 5.74) is 1.99. The monoisotopic (exact) mass is 434 g/mol. The van der Waals surface area contributed by atoms with Crippen LogP contribution in [0.5, 0.6) is 5.75 Å². The van der Waals surface area contributed by atoms with Gasteiger partial charge in [-0.3, -0.25) is 4.90 Å². The molecule has 1 aromatic carbocycles. The Bertz CT molecular complexity index is 882. The third-order valence-electron chi connectivity index (χ3n) is 5.58. The molecule has 0 bridgehead atoms. The van der Waals surface area contributed by atoms with Crippen LogP contribution >= 0.6 is 0 Å². The Hall–Kier alpha value is -1.89. The summed E-state index contributed by atoms with van der Waals surface area (Å²) in [5, 5.41) is 0. The van der Waals surface area contributed by atoms with Gasteiger partial charge < -0.3 is 9.47 Å². The molecule has 3 rings (SSSR count). The molecule has 1 aliphatic carbocycles. The van der Waals surface area contributed by atoms with Gasteiger partial charge in [0.2, 0.25) is 0 Å². The molecule has 1 aliphatic heterocycles. The largest absolute Gasteiger partial charge is 0.497 e. The first kappa shape index (κ1) is 22.8. The molecule has 0 saturated carbocycles. The van der Waals surface area contributed by atoms with E-state index in [-0.39, 0.29) is 5.41 Å². The lowest BCUT2D eigenvalue weighted by molar-refractivity contribution is 0.0318. The van der Waals surface area contributed by atoms with E-state index in [1.807, 2.05) is 47.6 Å². The van der Waals surface area contributed by atoms with E-state index in [4.69, 9.17) is 9.47 Å². The molecule has 0 N–H and O–H groups in total. The number of carbonyl (C=O) groups excluding carboxylic acids is 1. The molecular weight excluding hydrogens is 400 g/mol. The predicted octanol–water partition coefficient (Wildman–Crippen LogP) is 4.67. The number of nitrogens with zero attached hydrogens (tertiary/aromatic N) is 2. The highest BCUT2D eigenvalue weighted by molar-refractivity contribution is 7.85. The van der Waals surface area contributed by atoms with Crippen LogP contribution in [0.25, 0.3) is 0 Å². The third kappa shape index (κ3) is 5.05. The van der Waals surface area contributed by atoms with Crippen molar-refractivity contribution in [2.75, 3.05) is 13.7 Å². The van der Waals surface area contributed by atoms with Crippen LogP contribution in [-0.4, -0.2) is 45.0 Å². The molecule has 2 unspecified atom stereocenters. The van der Waals surface area contributed by atoms with Crippen molar-refractivity contribution in [3.63, 3.8) is 0 Å². The Morgan fingerprint density at radius 2 is 1.77 bits per heavy atom. The normalized spacial score (nSPS) is 24.1. The summed E-state index contributed by atoms with van der Waals surface area (Å²) in [7, 11) is 0.230. The quantitative estimate of drug-likeness (QED) is 0.678. The Morgan fingerprint density at radius 3 is 2.37 bits per heavy atom. The number of hydrogen-bond donors (Lipinski definition) is 0. The van der Waals surface area contributed by atoms with Crippen LogP contribution in [0.3, 0.4) is 0 Å². The third-order valence-corrected chi connectivity index (χ3v) is 7.01. The molecule has 1 spiro atoms. The average Bonchev–Trinajstić information content (AvgIpc) is 2.95. The molecule has 7 heteroatoms. The van der Waals surface area contributed by atoms with E-state index in [2.05, 4.69) is 16.5 Å². The van der Waals surface area contributed by atoms with E-state index >= 15 is 0 Å². The van der Waals surface area contributed by atoms with Crippen LogP contribution in [0.15, 0.2) is 22.6 Å². The summed E-state index contributed by atoms with van der Waals surface area (Å²) < 4.78 is 27.9. The van der Waals surface area contributed by atoms with Crippen molar-refractivity contribution >= 4 is 22.9 Å². The highest BCUT2D eigenvalue weighted by atomic mass is 32.2. The average molecular weight is 435 g/mol. The van der Waals surface area contributed by atoms with Crippen LogP contribution in [0.2, 0.25) is 0 Å². The van der Waals surface area contributed by atoms with E-state index < -0.39 is 27.4 Å². The Morgan fingerprint density at radius 1 is 1.10 bits per heavy atom. The first-order chi connectivity index (χ1) is 13.8. The number of rotatable bonds is 2. The van der Waals surface area contributed by atoms with Crippen molar-refractivity contribution in [3.05, 3.63) is 29.3 Å². The molecule has 1 amide bonds. The second-order valence-electron chi connectivity index (χ2n) is 10.4. The Balaban J connectivity index is 1.90. The minimum atomic E-state index is -1.45. The number of benzene rings is 1. The SMILES string of the molecule is COc1ccc2c(c1)CC1(CCN(C(=O)OC(C)(C)C)C(=NS(=O)C(C)(C)C)C1)C2. The maximum Gasteiger partial charge on any atom is 0.415 e. The maximum atomic E-state index is 12.9. The fourth-order valence-corrected chi connectivity index (χ4v) is 4.69. The number of likely N-dealkylation sites (tertiary alicyclic amines) is 1. The molecule has 6 nitrogen and oxygen atoms in total. The summed E-state index contributed by atoms with van der Waals surface area (Å²) in [5.74, 6) is 1.43. The van der Waals surface area contributed by atoms with Crippen LogP contribution in [0.1, 0.15) is 65.5 Å². The van der Waals surface area contributed by atoms with Gasteiger partial charge in [0, 0.05) is 13.0 Å². The summed E-state index contributed by atoms with van der Waals surface area (Å²) in [6.45, 7) is 11.7. The summed E-state index contributed by atoms with van der Waals surface area (Å²) in [6.07, 6.45) is 2.87. The van der Waals surface area contributed by atoms with Crippen LogP contribution in [0.4, 0.5) is 4.79 Å². The summed E-state index contributed by atoms with van der Waals surface area (Å²) in [6, 6.07) is 6.24. The van der Waals surface area contributed by atoms with Crippen molar-refractivity contribution in [3.8, 4) is 5.75 Å². The Kier molecular flexibility index (Phi) is 6.07. The van der Waals surface area contributed by atoms with Gasteiger partial charge in [0.25, 0.3) is 0 Å². The summed E-state index contributed by atoms with van der Waals surface area (Å²) >= 11 is 0. The minimum absolute atomic E-state index is 0.0197. The molecule has 1 saturated heterocycles. The molecule has 1 fully saturated rings. The number of amidine groups is 1. The number of fused-ring (bicyclic) bond motifs is 1. The second-order valence-corrected chi connectivity index (χ2v) is 12.3. The molecule has 0 radical (unpaired) electrons. The van der Waals surface area contributed by atoms with Gasteiger partial charge in [-0.15, -0.1) is 0 Å². The number of ether oxygens (including phenoxy) is 2. The number of amides is 1. The van der Waals surface area contributed by atoms with E-state index in [1.54, 1.807) is 12.0 Å². The minimum Gasteiger partial charge on any atom is -0.497 e. The molecule has 1 aromatic rings. The van der Waals surface area contributed by atoms with Gasteiger partial charge in [-0.2, -0.15) is 4.40 Å². The fraction of sp³-hybridized carbons (Fsp3) is 0.652. The standard InChI is InChI=1S/C23H34N2O4S/c1-21(2,3)29-20(26)25-11-10-23(15-19(25)24-30(27)22(4,5)6)13-16-8-9-18(28-7)12-17(16)14-23/h8-9,12H,10-11,13-15H2,1-7H3. The van der Waals surface area contributed by atoms with E-state index in [0.29, 0.717) is 18.8 Å². The fourth-order valence-electron chi connectivity index (χ4n) is 4.06. The van der Waals surface area contributed by atoms with Crippen molar-refractivity contribution in [1.82, 2.24) is 4.90 Å². The van der Waals surface area contributed by atoms with Crippen molar-refractivity contribution < 1.29 is 18.5 Å². The van der Waals surface area contributed by atoms with E-state index in [0.717, 1.165) is 25.0 Å². The van der Waals surface area contributed by atoms with Gasteiger partial charge in [-0.25, -0.2) is 9.00 Å². The molecule has 2 aliphatic rings. The zero-order chi connectivity index (χ0) is 22.3. The van der Waals surface area contributed by atoms with Crippen LogP contribution in [0, 0.1) is 5.41 Å². The van der Waals surface area contributed by atoms with Crippen molar-refractivity contribution in [2.45, 2.75) is 77.6 Å². The smallest absolute Gasteiger partial charge is 0.415 e. The van der Waals surface area contributed by atoms with Gasteiger partial charge in [0.1, 0.15) is 28.2 Å². The second kappa shape index (κ2) is 7.98. The van der Waals surface area contributed by atoms with Gasteiger partial charge in [-0.05, 0) is 89.5 Å². The highest BCUT2D eigenvalue weighted by Gasteiger charge is 2.45. The molecule has 0 aromatic heterocycles. The number of methoxy groups -OCH3 is 1. The molecule has 166 valence electrons. The summed E-state index contributed by atoms with van der Waals surface area (Å²) in [4.78, 5) is 14.5. The van der Waals surface area contributed by atoms with E-state index in [1.165, 1.54) is 11.1 Å². The van der Waals surface area contributed by atoms with Crippen molar-refractivity contribution in [1.29, 1.82) is 0 Å². The van der Waals surface area contributed by atoms with E-state index in [9.17, 15) is 9.00 Å². The lowest BCUT2D eigenvalue weighted by Gasteiger charge is -2.40. The van der Waals surface area contributed by atoms with Gasteiger partial charge in [0.15, 0.2) is 0 Å². The molecule has 30 heavy (non-hydrogen) atoms. The number of hydrogen-bond acceptors (Lipinski definition) is 4. The number of piperidine rings is 1. The van der Waals surface area contributed by atoms with Crippen molar-refractivity contribution in [2.24, 2.45) is 9.81 Å². The number of carbonyl (C=O) groups is 1. The van der Waals surface area contributed by atoms with Gasteiger partial charge in [-0.1, -0.05) is 6.07 Å². The maximum absolute atomic E-state index is 12.9. The predicted molar refractivity (Wildman–Crippen MR) is 120 cm³/mol. The van der Waals surface area contributed by atoms with Crippen LogP contribution < -0.4 is 4.74 Å². The molecule has 2 atom stereocenters. The highest BCUT2D eigenvalue weighted by Crippen LogP contribution is 2.46. The zero-order valence-corrected chi connectivity index (χ0v) is 20.0. The first-order valence-electron chi connectivity index (χ1n) is 10.5. The van der Waals surface area contributed by atoms with Gasteiger partial charge in [0.05, 0.1) is 11.9 Å². The topological polar surface area (TPSA) is 68.2 Å². The first-order valence-corrected chi connectivity index (χ1v) is 11.6. The zero-order valence-electron chi connectivity index (χ0n) is 19.2. The van der Waals surface area contributed by atoms with Gasteiger partial charge >= 0.3 is 6.09 Å².